The van der Waals surface area contributed by atoms with E-state index in [1.165, 1.54) is 20.1 Å². The van der Waals surface area contributed by atoms with Crippen LogP contribution in [0.2, 0.25) is 0 Å². The monoisotopic (exact) mass is 368 g/mol. The zero-order valence-electron chi connectivity index (χ0n) is 15.0. The number of nitrogens with one attached hydrogen (secondary N) is 1. The summed E-state index contributed by atoms with van der Waals surface area (Å²) in [5.41, 5.74) is 0.684. The highest BCUT2D eigenvalue weighted by atomic mass is 16.6. The van der Waals surface area contributed by atoms with E-state index in [-0.39, 0.29) is 6.42 Å². The van der Waals surface area contributed by atoms with Crippen LogP contribution in [0.1, 0.15) is 18.1 Å². The Morgan fingerprint density at radius 2 is 1.78 bits per heavy atom. The van der Waals surface area contributed by atoms with E-state index in [2.05, 4.69) is 5.32 Å². The van der Waals surface area contributed by atoms with Crippen LogP contribution in [0.25, 0.3) is 6.08 Å². The number of nitrogens with zero attached hydrogens (tertiary/aromatic N) is 1. The van der Waals surface area contributed by atoms with Gasteiger partial charge < -0.3 is 10.1 Å². The van der Waals surface area contributed by atoms with Crippen LogP contribution < -0.4 is 10.1 Å². The van der Waals surface area contributed by atoms with Gasteiger partial charge in [-0.25, -0.2) is 0 Å². The maximum absolute atomic E-state index is 12.8. The maximum atomic E-state index is 12.8. The summed E-state index contributed by atoms with van der Waals surface area (Å²) in [7, 11) is 1.51. The highest BCUT2D eigenvalue weighted by molar-refractivity contribution is 6.02. The lowest BCUT2D eigenvalue weighted by atomic mass is 9.99. The van der Waals surface area contributed by atoms with Gasteiger partial charge >= 0.3 is 5.70 Å². The molecule has 0 aliphatic rings. The molecule has 0 fully saturated rings. The highest BCUT2D eigenvalue weighted by Gasteiger charge is 2.31. The van der Waals surface area contributed by atoms with Crippen LogP contribution in [-0.2, 0) is 16.0 Å². The van der Waals surface area contributed by atoms with Crippen LogP contribution in [0.5, 0.6) is 5.75 Å². The molecule has 2 aromatic rings. The minimum atomic E-state index is -1.03. The van der Waals surface area contributed by atoms with E-state index in [0.29, 0.717) is 11.3 Å². The van der Waals surface area contributed by atoms with Crippen LogP contribution >= 0.6 is 0 Å². The number of rotatable bonds is 8. The second-order valence-corrected chi connectivity index (χ2v) is 5.87. The predicted molar refractivity (Wildman–Crippen MR) is 101 cm³/mol. The first-order chi connectivity index (χ1) is 12.9. The smallest absolute Gasteiger partial charge is 0.314 e. The predicted octanol–water partition coefficient (Wildman–Crippen LogP) is 2.63. The lowest BCUT2D eigenvalue weighted by Gasteiger charge is -2.15. The molecule has 0 unspecified atom stereocenters. The van der Waals surface area contributed by atoms with E-state index < -0.39 is 28.4 Å². The van der Waals surface area contributed by atoms with Gasteiger partial charge in [0, 0.05) is 19.4 Å². The van der Waals surface area contributed by atoms with Gasteiger partial charge in [0.15, 0.2) is 0 Å². The molecule has 1 amide bonds. The first kappa shape index (κ1) is 19.8. The average Bonchev–Trinajstić information content (AvgIpc) is 2.65. The van der Waals surface area contributed by atoms with Crippen molar-refractivity contribution < 1.29 is 19.2 Å². The number of nitro groups is 1. The largest absolute Gasteiger partial charge is 0.497 e. The van der Waals surface area contributed by atoms with E-state index >= 15 is 0 Å². The van der Waals surface area contributed by atoms with Crippen molar-refractivity contribution in [3.05, 3.63) is 81.5 Å². The van der Waals surface area contributed by atoms with Crippen molar-refractivity contribution in [3.63, 3.8) is 0 Å². The van der Waals surface area contributed by atoms with Crippen molar-refractivity contribution >= 4 is 17.8 Å². The quantitative estimate of drug-likeness (QED) is 0.439. The number of hydrogen-bond donors (Lipinski definition) is 1. The number of ether oxygens (including phenoxy) is 1. The Balaban J connectivity index is 2.33. The third-order valence-electron chi connectivity index (χ3n) is 3.84. The van der Waals surface area contributed by atoms with Gasteiger partial charge in [0.05, 0.1) is 12.0 Å². The van der Waals surface area contributed by atoms with E-state index in [0.717, 1.165) is 5.56 Å². The molecule has 140 valence electrons. The molecular formula is C20H20N2O5. The fraction of sp³-hybridized carbons (Fsp3) is 0.200. The second-order valence-electron chi connectivity index (χ2n) is 5.87. The third kappa shape index (κ3) is 5.78. The topological polar surface area (TPSA) is 98.5 Å². The van der Waals surface area contributed by atoms with Crippen LogP contribution in [0, 0.1) is 10.1 Å². The molecule has 2 aromatic carbocycles. The summed E-state index contributed by atoms with van der Waals surface area (Å²) in [5.74, 6) is -0.590. The number of carbonyl (C=O) groups is 2. The number of methoxy groups -OCH3 is 1. The third-order valence-corrected chi connectivity index (χ3v) is 3.84. The molecule has 0 radical (unpaired) electrons. The Bertz CT molecular complexity index is 844. The molecule has 7 heteroatoms. The van der Waals surface area contributed by atoms with Crippen molar-refractivity contribution in [2.75, 3.05) is 7.11 Å². The second kappa shape index (κ2) is 9.28. The van der Waals surface area contributed by atoms with E-state index in [1.54, 1.807) is 48.5 Å². The van der Waals surface area contributed by atoms with Crippen molar-refractivity contribution in [2.45, 2.75) is 19.4 Å². The molecule has 0 aliphatic heterocycles. The number of carbonyl (C=O) groups excluding carboxylic acids is 2. The van der Waals surface area contributed by atoms with Crippen molar-refractivity contribution in [2.24, 2.45) is 0 Å². The van der Waals surface area contributed by atoms with Gasteiger partial charge in [0.2, 0.25) is 5.91 Å². The molecule has 1 N–H and O–H groups in total. The summed E-state index contributed by atoms with van der Waals surface area (Å²) in [6, 6.07) is 14.5. The van der Waals surface area contributed by atoms with Gasteiger partial charge in [0.1, 0.15) is 11.8 Å². The molecule has 0 aliphatic carbocycles. The van der Waals surface area contributed by atoms with Gasteiger partial charge in [-0.1, -0.05) is 42.5 Å². The lowest BCUT2D eigenvalue weighted by molar-refractivity contribution is -0.417. The Hall–Kier alpha value is -3.48. The highest BCUT2D eigenvalue weighted by Crippen LogP contribution is 2.16. The Morgan fingerprint density at radius 1 is 1.15 bits per heavy atom. The molecular weight excluding hydrogens is 348 g/mol. The number of hydrogen-bond acceptors (Lipinski definition) is 5. The normalized spacial score (nSPS) is 12.1. The van der Waals surface area contributed by atoms with Crippen LogP contribution in [-0.4, -0.2) is 29.8 Å². The lowest BCUT2D eigenvalue weighted by Crippen LogP contribution is -2.43. The molecule has 27 heavy (non-hydrogen) atoms. The number of Topliss-reactive ketones (excluding diaryl/α,β-unsaturated/α-hetero) is 1. The molecule has 0 heterocycles. The molecule has 0 saturated heterocycles. The molecule has 0 aromatic heterocycles. The number of ketones is 1. The van der Waals surface area contributed by atoms with E-state index in [1.807, 2.05) is 6.07 Å². The summed E-state index contributed by atoms with van der Waals surface area (Å²) >= 11 is 0. The number of amides is 1. The molecule has 0 bridgehead atoms. The zero-order valence-corrected chi connectivity index (χ0v) is 15.0. The van der Waals surface area contributed by atoms with Crippen molar-refractivity contribution in [3.8, 4) is 5.75 Å². The molecule has 0 saturated carbocycles. The van der Waals surface area contributed by atoms with Gasteiger partial charge in [0.25, 0.3) is 5.78 Å². The Labute approximate surface area is 156 Å². The minimum Gasteiger partial charge on any atom is -0.497 e. The van der Waals surface area contributed by atoms with Gasteiger partial charge in [-0.2, -0.15) is 0 Å². The van der Waals surface area contributed by atoms with Gasteiger partial charge in [-0.05, 0) is 23.3 Å². The first-order valence-corrected chi connectivity index (χ1v) is 8.26. The van der Waals surface area contributed by atoms with Crippen LogP contribution in [0.4, 0.5) is 0 Å². The molecule has 0 spiro atoms. The zero-order chi connectivity index (χ0) is 19.8. The van der Waals surface area contributed by atoms with Gasteiger partial charge in [-0.3, -0.25) is 19.7 Å². The van der Waals surface area contributed by atoms with Crippen molar-refractivity contribution in [1.82, 2.24) is 5.32 Å². The summed E-state index contributed by atoms with van der Waals surface area (Å²) in [6.45, 7) is 1.27. The summed E-state index contributed by atoms with van der Waals surface area (Å²) in [6.07, 6.45) is 1.36. The van der Waals surface area contributed by atoms with E-state index in [9.17, 15) is 19.7 Å². The Morgan fingerprint density at radius 3 is 2.30 bits per heavy atom. The molecule has 2 rings (SSSR count). The van der Waals surface area contributed by atoms with E-state index in [4.69, 9.17) is 4.74 Å². The summed E-state index contributed by atoms with van der Waals surface area (Å²) in [4.78, 5) is 35.1. The fourth-order valence-corrected chi connectivity index (χ4v) is 2.55. The van der Waals surface area contributed by atoms with Crippen LogP contribution in [0.3, 0.4) is 0 Å². The summed E-state index contributed by atoms with van der Waals surface area (Å²) < 4.78 is 5.05. The van der Waals surface area contributed by atoms with Crippen LogP contribution in [0.15, 0.2) is 60.3 Å². The fourth-order valence-electron chi connectivity index (χ4n) is 2.55. The summed E-state index contributed by atoms with van der Waals surface area (Å²) in [5, 5.41) is 14.0. The Kier molecular flexibility index (Phi) is 6.82. The molecule has 1 atom stereocenters. The molecule has 7 nitrogen and oxygen atoms in total. The number of benzene rings is 2. The average molecular weight is 368 g/mol. The standard InChI is InChI=1S/C20H20N2O5/c1-14(23)21-18(12-15-6-4-3-5-7-15)20(24)19(22(25)26)13-16-8-10-17(27-2)11-9-16/h3-11,13,18H,12H2,1-2H3,(H,21,23)/b19-13-/t18-/m0/s1. The maximum Gasteiger partial charge on any atom is 0.314 e. The van der Waals surface area contributed by atoms with Crippen molar-refractivity contribution in [1.29, 1.82) is 0 Å². The first-order valence-electron chi connectivity index (χ1n) is 8.26. The SMILES string of the molecule is COc1ccc(/C=C(/C(=O)[C@H](Cc2ccccc2)NC(C)=O)[N+](=O)[O-])cc1. The van der Waals surface area contributed by atoms with Gasteiger partial charge in [-0.15, -0.1) is 0 Å². The minimum absolute atomic E-state index is 0.160.